The summed E-state index contributed by atoms with van der Waals surface area (Å²) >= 11 is 0. The van der Waals surface area contributed by atoms with Gasteiger partial charge in [0, 0.05) is 30.4 Å². The zero-order valence-electron chi connectivity index (χ0n) is 21.1. The third kappa shape index (κ3) is 3.68. The maximum atomic E-state index is 13.9. The van der Waals surface area contributed by atoms with E-state index in [1.165, 1.54) is 44.9 Å². The van der Waals surface area contributed by atoms with Crippen LogP contribution in [0.3, 0.4) is 0 Å². The molecule has 7 rings (SSSR count). The topological polar surface area (TPSA) is 71.0 Å². The van der Waals surface area contributed by atoms with Crippen LogP contribution in [-0.2, 0) is 0 Å². The van der Waals surface area contributed by atoms with E-state index in [0.29, 0.717) is 17.6 Å². The van der Waals surface area contributed by atoms with Gasteiger partial charge in [-0.15, -0.1) is 0 Å². The van der Waals surface area contributed by atoms with Crippen LogP contribution in [0.4, 0.5) is 0 Å². The van der Waals surface area contributed by atoms with Gasteiger partial charge in [0.1, 0.15) is 5.69 Å². The summed E-state index contributed by atoms with van der Waals surface area (Å²) in [5, 5.41) is 0. The van der Waals surface area contributed by atoms with E-state index in [1.54, 1.807) is 18.3 Å². The van der Waals surface area contributed by atoms with Crippen molar-refractivity contribution in [3.05, 3.63) is 63.3 Å². The monoisotopic (exact) mass is 484 g/mol. The molecular formula is C30H36N4O2. The highest BCUT2D eigenvalue weighted by molar-refractivity contribution is 5.77. The fourth-order valence-electron chi connectivity index (χ4n) is 8.68. The Bertz CT molecular complexity index is 1380. The Hall–Kier alpha value is -2.73. The number of rotatable bonds is 3. The van der Waals surface area contributed by atoms with Crippen molar-refractivity contribution < 1.29 is 0 Å². The van der Waals surface area contributed by atoms with Gasteiger partial charge >= 0.3 is 0 Å². The molecule has 4 bridgehead atoms. The van der Waals surface area contributed by atoms with Crippen molar-refractivity contribution >= 4 is 11.0 Å². The van der Waals surface area contributed by atoms with Gasteiger partial charge in [0.05, 0.1) is 16.6 Å². The van der Waals surface area contributed by atoms with E-state index < -0.39 is 0 Å². The number of hydrogen-bond donors (Lipinski definition) is 1. The first-order chi connectivity index (χ1) is 17.5. The highest BCUT2D eigenvalue weighted by atomic mass is 16.1. The second-order valence-corrected chi connectivity index (χ2v) is 12.2. The number of aromatic nitrogens is 3. The van der Waals surface area contributed by atoms with Crippen molar-refractivity contribution in [3.63, 3.8) is 0 Å². The molecule has 4 heterocycles. The molecule has 2 aromatic heterocycles. The summed E-state index contributed by atoms with van der Waals surface area (Å²) in [6.07, 6.45) is 13.1. The minimum absolute atomic E-state index is 0.135. The van der Waals surface area contributed by atoms with Crippen LogP contribution < -0.4 is 11.1 Å². The number of aromatic amines is 1. The fourth-order valence-corrected chi connectivity index (χ4v) is 8.68. The Balaban J connectivity index is 1.24. The maximum Gasteiger partial charge on any atom is 0.278 e. The minimum atomic E-state index is -0.268. The van der Waals surface area contributed by atoms with Gasteiger partial charge in [-0.1, -0.05) is 19.1 Å². The number of pyridine rings is 1. The smallest absolute Gasteiger partial charge is 0.278 e. The molecule has 36 heavy (non-hydrogen) atoms. The molecule has 4 aliphatic rings. The molecule has 6 nitrogen and oxygen atoms in total. The predicted octanol–water partition coefficient (Wildman–Crippen LogP) is 5.13. The highest BCUT2D eigenvalue weighted by Crippen LogP contribution is 2.49. The molecule has 0 spiro atoms. The second kappa shape index (κ2) is 8.69. The molecular weight excluding hydrogens is 448 g/mol. The van der Waals surface area contributed by atoms with E-state index in [4.69, 9.17) is 0 Å². The number of para-hydroxylation sites is 2. The molecule has 0 amide bonds. The van der Waals surface area contributed by atoms with Crippen molar-refractivity contribution in [1.82, 2.24) is 19.4 Å². The van der Waals surface area contributed by atoms with Crippen LogP contribution in [0.2, 0.25) is 0 Å². The van der Waals surface area contributed by atoms with Crippen molar-refractivity contribution in [2.75, 3.05) is 0 Å². The van der Waals surface area contributed by atoms with Gasteiger partial charge in [-0.2, -0.15) is 0 Å². The van der Waals surface area contributed by atoms with E-state index >= 15 is 0 Å². The molecule has 2 aliphatic carbocycles. The van der Waals surface area contributed by atoms with Gasteiger partial charge in [0.25, 0.3) is 11.1 Å². The molecule has 6 heteroatoms. The lowest BCUT2D eigenvalue weighted by atomic mass is 9.66. The molecule has 2 aliphatic heterocycles. The first-order valence-electron chi connectivity index (χ1n) is 14.0. The Morgan fingerprint density at radius 2 is 1.53 bits per heavy atom. The summed E-state index contributed by atoms with van der Waals surface area (Å²) in [5.74, 6) is 2.72. The third-order valence-corrected chi connectivity index (χ3v) is 9.77. The second-order valence-electron chi connectivity index (χ2n) is 12.2. The predicted molar refractivity (Wildman–Crippen MR) is 142 cm³/mol. The van der Waals surface area contributed by atoms with Crippen LogP contribution in [-0.4, -0.2) is 37.6 Å². The molecule has 4 unspecified atom stereocenters. The van der Waals surface area contributed by atoms with E-state index in [2.05, 4.69) is 21.8 Å². The summed E-state index contributed by atoms with van der Waals surface area (Å²) in [4.78, 5) is 36.8. The Labute approximate surface area is 211 Å². The van der Waals surface area contributed by atoms with Gasteiger partial charge in [-0.3, -0.25) is 14.5 Å². The van der Waals surface area contributed by atoms with Crippen molar-refractivity contribution in [1.29, 1.82) is 0 Å². The van der Waals surface area contributed by atoms with E-state index in [1.807, 2.05) is 28.8 Å². The van der Waals surface area contributed by atoms with Crippen molar-refractivity contribution in [3.8, 4) is 11.3 Å². The normalized spacial score (nSPS) is 34.2. The molecule has 2 saturated heterocycles. The number of nitrogens with zero attached hydrogens (tertiary/aromatic N) is 3. The molecule has 0 radical (unpaired) electrons. The molecule has 2 saturated carbocycles. The van der Waals surface area contributed by atoms with E-state index in [9.17, 15) is 9.59 Å². The summed E-state index contributed by atoms with van der Waals surface area (Å²) in [7, 11) is 0. The number of fused-ring (bicyclic) bond motifs is 5. The zero-order chi connectivity index (χ0) is 24.4. The van der Waals surface area contributed by atoms with Gasteiger partial charge in [-0.05, 0) is 99.8 Å². The largest absolute Gasteiger partial charge is 0.329 e. The molecule has 4 atom stereocenters. The number of H-pyrrole nitrogens is 1. The van der Waals surface area contributed by atoms with Crippen LogP contribution in [0, 0.1) is 17.8 Å². The minimum Gasteiger partial charge on any atom is -0.329 e. The van der Waals surface area contributed by atoms with Crippen molar-refractivity contribution in [2.24, 2.45) is 17.8 Å². The quantitative estimate of drug-likeness (QED) is 0.559. The maximum absolute atomic E-state index is 13.9. The molecule has 1 aromatic carbocycles. The first-order valence-corrected chi connectivity index (χ1v) is 14.0. The molecule has 3 aromatic rings. The summed E-state index contributed by atoms with van der Waals surface area (Å²) < 4.78 is 1.99. The van der Waals surface area contributed by atoms with Crippen LogP contribution in [0.1, 0.15) is 70.8 Å². The molecule has 4 fully saturated rings. The van der Waals surface area contributed by atoms with Crippen LogP contribution in [0.5, 0.6) is 0 Å². The molecule has 1 N–H and O–H groups in total. The number of hydrogen-bond acceptors (Lipinski definition) is 4. The average Bonchev–Trinajstić information content (AvgIpc) is 3.13. The lowest BCUT2D eigenvalue weighted by molar-refractivity contribution is -0.000110. The SMILES string of the molecule is CC1CC2CC(C1)CC(N1C3CCC1CC(n1c(=O)c(-c4ccc[nH]c4=O)nc4ccccc41)C3)C2. The third-order valence-electron chi connectivity index (χ3n) is 9.77. The average molecular weight is 485 g/mol. The Morgan fingerprint density at radius 1 is 0.806 bits per heavy atom. The first kappa shape index (κ1) is 22.5. The number of benzene rings is 1. The van der Waals surface area contributed by atoms with Gasteiger partial charge in [0.2, 0.25) is 0 Å². The van der Waals surface area contributed by atoms with Crippen LogP contribution in [0.15, 0.2) is 52.2 Å². The Kier molecular flexibility index (Phi) is 5.42. The van der Waals surface area contributed by atoms with Gasteiger partial charge in [-0.25, -0.2) is 4.98 Å². The van der Waals surface area contributed by atoms with Gasteiger partial charge in [0.15, 0.2) is 0 Å². The van der Waals surface area contributed by atoms with E-state index in [-0.39, 0.29) is 22.9 Å². The lowest BCUT2D eigenvalue weighted by Gasteiger charge is -2.50. The molecule has 188 valence electrons. The van der Waals surface area contributed by atoms with Crippen LogP contribution in [0.25, 0.3) is 22.3 Å². The fraction of sp³-hybridized carbons (Fsp3) is 0.567. The lowest BCUT2D eigenvalue weighted by Crippen LogP contribution is -2.53. The summed E-state index contributed by atoms with van der Waals surface area (Å²) in [6.45, 7) is 2.45. The number of nitrogens with one attached hydrogen (secondary N) is 1. The summed E-state index contributed by atoms with van der Waals surface area (Å²) in [6, 6.07) is 13.3. The number of piperidine rings is 1. The highest BCUT2D eigenvalue weighted by Gasteiger charge is 2.47. The standard InChI is InChI=1S/C30H36N4O2/c1-18-11-19-13-20(12-18)15-23(14-19)33-21-8-9-22(33)17-24(16-21)34-27-7-3-2-6-26(27)32-28(30(34)36)25-5-4-10-31-29(25)35/h2-7,10,18-24H,8-9,11-17H2,1H3,(H,31,35). The van der Waals surface area contributed by atoms with Crippen molar-refractivity contribution in [2.45, 2.75) is 88.9 Å². The van der Waals surface area contributed by atoms with E-state index in [0.717, 1.165) is 47.7 Å². The van der Waals surface area contributed by atoms with Crippen LogP contribution >= 0.6 is 0 Å². The Morgan fingerprint density at radius 3 is 2.25 bits per heavy atom. The zero-order valence-corrected chi connectivity index (χ0v) is 21.1. The van der Waals surface area contributed by atoms with Gasteiger partial charge < -0.3 is 9.55 Å². The summed E-state index contributed by atoms with van der Waals surface area (Å²) in [5.41, 5.74) is 1.88.